The molecule has 3 rings (SSSR count). The fourth-order valence-corrected chi connectivity index (χ4v) is 3.75. The van der Waals surface area contributed by atoms with Gasteiger partial charge >= 0.3 is 12.5 Å². The summed E-state index contributed by atoms with van der Waals surface area (Å²) in [4.78, 5) is 2.23. The fraction of sp³-hybridized carbons (Fsp3) is 0.667. The Labute approximate surface area is 174 Å². The Morgan fingerprint density at radius 1 is 1.07 bits per heavy atom. The van der Waals surface area contributed by atoms with E-state index in [0.29, 0.717) is 18.8 Å². The molecule has 1 atom stereocenters. The van der Waals surface area contributed by atoms with Gasteiger partial charge in [0.15, 0.2) is 0 Å². The van der Waals surface area contributed by atoms with Crippen LogP contribution in [0.3, 0.4) is 0 Å². The highest BCUT2D eigenvalue weighted by Crippen LogP contribution is 2.41. The van der Waals surface area contributed by atoms with Crippen molar-refractivity contribution in [3.8, 4) is 5.75 Å². The predicted molar refractivity (Wildman–Crippen MR) is 103 cm³/mol. The van der Waals surface area contributed by atoms with Crippen LogP contribution in [0.4, 0.5) is 17.6 Å². The number of rotatable bonds is 6. The summed E-state index contributed by atoms with van der Waals surface area (Å²) in [5.41, 5.74) is 0.543. The standard InChI is InChI=1S/C18H24F4N2O2.2ClH/c19-17(20)18(21,22)26-15-4-2-1-3-14(15)16(13-5-11-25-12-6-13)24-9-7-23-8-10-24;;/h1-4,13,16-17,23H,5-12H2;2*1H/t16-;;/m0../s1. The summed E-state index contributed by atoms with van der Waals surface area (Å²) in [7, 11) is 0. The molecular weight excluding hydrogens is 423 g/mol. The summed E-state index contributed by atoms with van der Waals surface area (Å²) >= 11 is 0. The molecule has 28 heavy (non-hydrogen) atoms. The van der Waals surface area contributed by atoms with Gasteiger partial charge in [0.25, 0.3) is 0 Å². The quantitative estimate of drug-likeness (QED) is 0.663. The Morgan fingerprint density at radius 3 is 2.29 bits per heavy atom. The maximum Gasteiger partial charge on any atom is 0.461 e. The van der Waals surface area contributed by atoms with Crippen LogP contribution in [0.25, 0.3) is 0 Å². The van der Waals surface area contributed by atoms with E-state index in [1.807, 2.05) is 0 Å². The lowest BCUT2D eigenvalue weighted by molar-refractivity contribution is -0.253. The van der Waals surface area contributed by atoms with Gasteiger partial charge in [-0.25, -0.2) is 0 Å². The van der Waals surface area contributed by atoms with E-state index >= 15 is 0 Å². The lowest BCUT2D eigenvalue weighted by Gasteiger charge is -2.41. The molecular formula is C18H26Cl2F4N2O2. The minimum Gasteiger partial charge on any atom is -0.428 e. The highest BCUT2D eigenvalue weighted by Gasteiger charge is 2.45. The number of nitrogens with one attached hydrogen (secondary N) is 1. The van der Waals surface area contributed by atoms with E-state index in [-0.39, 0.29) is 42.5 Å². The monoisotopic (exact) mass is 448 g/mol. The third-order valence-corrected chi connectivity index (χ3v) is 5.00. The normalized spacial score (nSPS) is 20.2. The average Bonchev–Trinajstić information content (AvgIpc) is 2.65. The Hall–Kier alpha value is -0.800. The number of hydrogen-bond donors (Lipinski definition) is 1. The second-order valence-corrected chi connectivity index (χ2v) is 6.68. The molecule has 2 fully saturated rings. The minimum atomic E-state index is -4.51. The second kappa shape index (κ2) is 11.4. The molecule has 0 saturated carbocycles. The number of benzene rings is 1. The summed E-state index contributed by atoms with van der Waals surface area (Å²) < 4.78 is 62.3. The topological polar surface area (TPSA) is 33.7 Å². The molecule has 0 spiro atoms. The summed E-state index contributed by atoms with van der Waals surface area (Å²) in [6.07, 6.45) is -6.79. The van der Waals surface area contributed by atoms with Crippen LogP contribution in [0.1, 0.15) is 24.4 Å². The first-order chi connectivity index (χ1) is 12.5. The van der Waals surface area contributed by atoms with Crippen LogP contribution in [0, 0.1) is 5.92 Å². The molecule has 0 unspecified atom stereocenters. The largest absolute Gasteiger partial charge is 0.461 e. The Bertz CT molecular complexity index is 568. The molecule has 0 radical (unpaired) electrons. The first kappa shape index (κ1) is 25.2. The van der Waals surface area contributed by atoms with Crippen molar-refractivity contribution in [2.45, 2.75) is 31.4 Å². The van der Waals surface area contributed by atoms with Gasteiger partial charge in [-0.05, 0) is 24.8 Å². The van der Waals surface area contributed by atoms with Crippen LogP contribution in [0.5, 0.6) is 5.75 Å². The van der Waals surface area contributed by atoms with Gasteiger partial charge in [0, 0.05) is 51.0 Å². The highest BCUT2D eigenvalue weighted by molar-refractivity contribution is 5.85. The van der Waals surface area contributed by atoms with Gasteiger partial charge in [-0.2, -0.15) is 17.6 Å². The first-order valence-corrected chi connectivity index (χ1v) is 8.95. The van der Waals surface area contributed by atoms with Crippen LogP contribution in [-0.4, -0.2) is 56.8 Å². The molecule has 0 aliphatic carbocycles. The van der Waals surface area contributed by atoms with Gasteiger partial charge in [0.1, 0.15) is 5.75 Å². The van der Waals surface area contributed by atoms with Crippen molar-refractivity contribution in [2.75, 3.05) is 39.4 Å². The van der Waals surface area contributed by atoms with E-state index < -0.39 is 12.5 Å². The second-order valence-electron chi connectivity index (χ2n) is 6.68. The summed E-state index contributed by atoms with van der Waals surface area (Å²) in [5.74, 6) is 0.0274. The minimum absolute atomic E-state index is 0. The van der Waals surface area contributed by atoms with Crippen molar-refractivity contribution in [3.63, 3.8) is 0 Å². The van der Waals surface area contributed by atoms with E-state index in [9.17, 15) is 17.6 Å². The molecule has 10 heteroatoms. The van der Waals surface area contributed by atoms with Crippen molar-refractivity contribution in [1.29, 1.82) is 0 Å². The van der Waals surface area contributed by atoms with Crippen molar-refractivity contribution < 1.29 is 27.0 Å². The zero-order valence-electron chi connectivity index (χ0n) is 15.3. The SMILES string of the molecule is Cl.Cl.FC(F)C(F)(F)Oc1ccccc1[C@H](C1CCOCC1)N1CCNCC1. The number of halogens is 6. The third-order valence-electron chi connectivity index (χ3n) is 5.00. The molecule has 2 aliphatic heterocycles. The Balaban J connectivity index is 0.00000196. The number of nitrogens with zero attached hydrogens (tertiary/aromatic N) is 1. The fourth-order valence-electron chi connectivity index (χ4n) is 3.75. The van der Waals surface area contributed by atoms with Crippen molar-refractivity contribution in [3.05, 3.63) is 29.8 Å². The smallest absolute Gasteiger partial charge is 0.428 e. The first-order valence-electron chi connectivity index (χ1n) is 8.95. The number of piperazine rings is 1. The van der Waals surface area contributed by atoms with Gasteiger partial charge < -0.3 is 14.8 Å². The van der Waals surface area contributed by atoms with E-state index in [1.165, 1.54) is 12.1 Å². The molecule has 1 N–H and O–H groups in total. The molecule has 162 valence electrons. The highest BCUT2D eigenvalue weighted by atomic mass is 35.5. The van der Waals surface area contributed by atoms with Crippen molar-refractivity contribution in [2.24, 2.45) is 5.92 Å². The molecule has 2 heterocycles. The third kappa shape index (κ3) is 6.10. The van der Waals surface area contributed by atoms with E-state index in [1.54, 1.807) is 12.1 Å². The molecule has 2 saturated heterocycles. The van der Waals surface area contributed by atoms with Crippen LogP contribution in [0.2, 0.25) is 0 Å². The maximum absolute atomic E-state index is 13.5. The van der Waals surface area contributed by atoms with Crippen molar-refractivity contribution in [1.82, 2.24) is 10.2 Å². The average molecular weight is 449 g/mol. The van der Waals surface area contributed by atoms with E-state index in [0.717, 1.165) is 39.0 Å². The summed E-state index contributed by atoms with van der Waals surface area (Å²) in [6, 6.07) is 6.15. The molecule has 0 bridgehead atoms. The lowest BCUT2D eigenvalue weighted by atomic mass is 9.85. The number of alkyl halides is 4. The molecule has 4 nitrogen and oxygen atoms in total. The van der Waals surface area contributed by atoms with Gasteiger partial charge in [0.2, 0.25) is 0 Å². The lowest BCUT2D eigenvalue weighted by Crippen LogP contribution is -2.47. The Morgan fingerprint density at radius 2 is 1.68 bits per heavy atom. The van der Waals surface area contributed by atoms with Crippen LogP contribution >= 0.6 is 24.8 Å². The number of ether oxygens (including phenoxy) is 2. The van der Waals surface area contributed by atoms with E-state index in [2.05, 4.69) is 15.0 Å². The van der Waals surface area contributed by atoms with E-state index in [4.69, 9.17) is 4.74 Å². The molecule has 0 aromatic heterocycles. The van der Waals surface area contributed by atoms with Gasteiger partial charge in [-0.1, -0.05) is 18.2 Å². The number of hydrogen-bond acceptors (Lipinski definition) is 4. The summed E-state index contributed by atoms with van der Waals surface area (Å²) in [6.45, 7) is 4.36. The number of para-hydroxylation sites is 1. The Kier molecular flexibility index (Phi) is 10.3. The predicted octanol–water partition coefficient (Wildman–Crippen LogP) is 4.14. The molecule has 1 aromatic carbocycles. The van der Waals surface area contributed by atoms with Gasteiger partial charge in [-0.3, -0.25) is 4.90 Å². The van der Waals surface area contributed by atoms with Crippen LogP contribution in [0.15, 0.2) is 24.3 Å². The van der Waals surface area contributed by atoms with Crippen LogP contribution in [-0.2, 0) is 4.74 Å². The summed E-state index contributed by atoms with van der Waals surface area (Å²) in [5, 5.41) is 3.27. The van der Waals surface area contributed by atoms with Gasteiger partial charge in [-0.15, -0.1) is 24.8 Å². The molecule has 1 aromatic rings. The molecule has 0 amide bonds. The molecule has 2 aliphatic rings. The van der Waals surface area contributed by atoms with Crippen LogP contribution < -0.4 is 10.1 Å². The zero-order chi connectivity index (χ0) is 18.6. The van der Waals surface area contributed by atoms with Crippen molar-refractivity contribution >= 4 is 24.8 Å². The zero-order valence-corrected chi connectivity index (χ0v) is 16.9. The maximum atomic E-state index is 13.5. The van der Waals surface area contributed by atoms with Gasteiger partial charge in [0.05, 0.1) is 0 Å².